The van der Waals surface area contributed by atoms with Crippen molar-refractivity contribution in [3.63, 3.8) is 0 Å². The Bertz CT molecular complexity index is 647. The molecule has 1 atom stereocenters. The molecule has 0 saturated carbocycles. The molecule has 1 aliphatic heterocycles. The van der Waals surface area contributed by atoms with Crippen molar-refractivity contribution in [3.05, 3.63) is 30.2 Å². The molecule has 0 aliphatic carbocycles. The van der Waals surface area contributed by atoms with Gasteiger partial charge in [-0.3, -0.25) is 14.9 Å². The smallest absolute Gasteiger partial charge is 0.235 e. The number of nitrogens with zero attached hydrogens (tertiary/aromatic N) is 2. The van der Waals surface area contributed by atoms with Crippen molar-refractivity contribution < 1.29 is 9.59 Å². The Kier molecular flexibility index (Phi) is 2.29. The minimum absolute atomic E-state index is 0.223. The molecule has 2 aromatic heterocycles. The predicted molar refractivity (Wildman–Crippen MR) is 64.7 cm³/mol. The first-order chi connectivity index (χ1) is 8.65. The third kappa shape index (κ3) is 1.62. The summed E-state index contributed by atoms with van der Waals surface area (Å²) >= 11 is 0. The van der Waals surface area contributed by atoms with E-state index in [0.717, 1.165) is 0 Å². The Labute approximate surface area is 103 Å². The summed E-state index contributed by atoms with van der Waals surface area (Å²) in [6.45, 7) is 0. The molecule has 1 unspecified atom stereocenters. The molecule has 6 heteroatoms. The van der Waals surface area contributed by atoms with Crippen LogP contribution in [0.3, 0.4) is 0 Å². The molecule has 1 aliphatic rings. The zero-order valence-electron chi connectivity index (χ0n) is 9.59. The maximum absolute atomic E-state index is 11.8. The standard InChI is InChI=1S/C12H12N4O2/c13-8-2-1-5-16-6-9(14-11(8)16)7-3-4-10(17)15-12(7)18/h1-2,5-7H,3-4,13H2,(H,15,17,18). The number of piperidine rings is 1. The van der Waals surface area contributed by atoms with E-state index in [2.05, 4.69) is 10.3 Å². The first-order valence-electron chi connectivity index (χ1n) is 5.72. The molecular weight excluding hydrogens is 232 g/mol. The van der Waals surface area contributed by atoms with E-state index < -0.39 is 0 Å². The molecule has 2 amide bonds. The van der Waals surface area contributed by atoms with Gasteiger partial charge in [-0.1, -0.05) is 0 Å². The van der Waals surface area contributed by atoms with Gasteiger partial charge in [0.05, 0.1) is 17.3 Å². The lowest BCUT2D eigenvalue weighted by Crippen LogP contribution is -2.39. The monoisotopic (exact) mass is 244 g/mol. The summed E-state index contributed by atoms with van der Waals surface area (Å²) in [6, 6.07) is 3.58. The van der Waals surface area contributed by atoms with Gasteiger partial charge in [0, 0.05) is 18.8 Å². The van der Waals surface area contributed by atoms with E-state index >= 15 is 0 Å². The third-order valence-electron chi connectivity index (χ3n) is 3.13. The highest BCUT2D eigenvalue weighted by Crippen LogP contribution is 2.25. The number of imide groups is 1. The van der Waals surface area contributed by atoms with Crippen molar-refractivity contribution in [2.24, 2.45) is 0 Å². The molecule has 0 radical (unpaired) electrons. The van der Waals surface area contributed by atoms with Gasteiger partial charge in [-0.25, -0.2) is 4.98 Å². The number of imidazole rings is 1. The zero-order chi connectivity index (χ0) is 12.7. The van der Waals surface area contributed by atoms with Gasteiger partial charge >= 0.3 is 0 Å². The Hall–Kier alpha value is -2.37. The van der Waals surface area contributed by atoms with Crippen LogP contribution in [0.5, 0.6) is 0 Å². The summed E-state index contributed by atoms with van der Waals surface area (Å²) in [7, 11) is 0. The number of carbonyl (C=O) groups excluding carboxylic acids is 2. The Morgan fingerprint density at radius 2 is 2.28 bits per heavy atom. The normalized spacial score (nSPS) is 20.1. The Balaban J connectivity index is 2.02. The summed E-state index contributed by atoms with van der Waals surface area (Å²) in [5.74, 6) is -0.880. The van der Waals surface area contributed by atoms with E-state index in [-0.39, 0.29) is 17.7 Å². The lowest BCUT2D eigenvalue weighted by molar-refractivity contribution is -0.134. The van der Waals surface area contributed by atoms with Crippen LogP contribution >= 0.6 is 0 Å². The van der Waals surface area contributed by atoms with Gasteiger partial charge in [-0.05, 0) is 18.6 Å². The van der Waals surface area contributed by atoms with Gasteiger partial charge in [0.15, 0.2) is 5.65 Å². The van der Waals surface area contributed by atoms with Crippen molar-refractivity contribution in [2.75, 3.05) is 5.73 Å². The maximum Gasteiger partial charge on any atom is 0.235 e. The van der Waals surface area contributed by atoms with Gasteiger partial charge < -0.3 is 10.1 Å². The number of aromatic nitrogens is 2. The molecule has 0 spiro atoms. The third-order valence-corrected chi connectivity index (χ3v) is 3.13. The van der Waals surface area contributed by atoms with E-state index in [9.17, 15) is 9.59 Å². The zero-order valence-corrected chi connectivity index (χ0v) is 9.59. The fourth-order valence-electron chi connectivity index (χ4n) is 2.20. The number of anilines is 1. The van der Waals surface area contributed by atoms with Crippen molar-refractivity contribution in [3.8, 4) is 0 Å². The maximum atomic E-state index is 11.8. The molecule has 0 aromatic carbocycles. The van der Waals surface area contributed by atoms with E-state index in [0.29, 0.717) is 29.9 Å². The molecule has 92 valence electrons. The molecule has 1 fully saturated rings. The number of rotatable bonds is 1. The van der Waals surface area contributed by atoms with E-state index in [1.165, 1.54) is 0 Å². The van der Waals surface area contributed by atoms with Crippen LogP contribution in [-0.4, -0.2) is 21.2 Å². The minimum Gasteiger partial charge on any atom is -0.396 e. The van der Waals surface area contributed by atoms with Crippen molar-refractivity contribution in [1.82, 2.24) is 14.7 Å². The van der Waals surface area contributed by atoms with E-state index in [1.807, 2.05) is 12.3 Å². The molecular formula is C12H12N4O2. The highest BCUT2D eigenvalue weighted by molar-refractivity contribution is 6.00. The van der Waals surface area contributed by atoms with Gasteiger partial charge in [-0.15, -0.1) is 0 Å². The first kappa shape index (κ1) is 10.8. The highest BCUT2D eigenvalue weighted by Gasteiger charge is 2.29. The quantitative estimate of drug-likeness (QED) is 0.712. The van der Waals surface area contributed by atoms with Crippen LogP contribution in [0.15, 0.2) is 24.5 Å². The molecule has 0 bridgehead atoms. The molecule has 3 rings (SSSR count). The number of carbonyl (C=O) groups is 2. The summed E-state index contributed by atoms with van der Waals surface area (Å²) in [4.78, 5) is 27.2. The fraction of sp³-hybridized carbons (Fsp3) is 0.250. The lowest BCUT2D eigenvalue weighted by atomic mass is 9.95. The summed E-state index contributed by atoms with van der Waals surface area (Å²) < 4.78 is 1.79. The topological polar surface area (TPSA) is 89.5 Å². The summed E-state index contributed by atoms with van der Waals surface area (Å²) in [5.41, 5.74) is 7.67. The summed E-state index contributed by atoms with van der Waals surface area (Å²) in [6.07, 6.45) is 4.45. The number of nitrogens with one attached hydrogen (secondary N) is 1. The largest absolute Gasteiger partial charge is 0.396 e. The molecule has 3 heterocycles. The molecule has 3 N–H and O–H groups in total. The number of nitrogens with two attached hydrogens (primary N) is 1. The second-order valence-electron chi connectivity index (χ2n) is 4.36. The average Bonchev–Trinajstić information content (AvgIpc) is 2.74. The molecule has 1 saturated heterocycles. The van der Waals surface area contributed by atoms with Crippen LogP contribution in [0.25, 0.3) is 5.65 Å². The number of pyridine rings is 1. The summed E-state index contributed by atoms with van der Waals surface area (Å²) in [5, 5.41) is 2.33. The molecule has 2 aromatic rings. The Morgan fingerprint density at radius 1 is 1.44 bits per heavy atom. The average molecular weight is 244 g/mol. The Morgan fingerprint density at radius 3 is 3.00 bits per heavy atom. The van der Waals surface area contributed by atoms with Gasteiger partial charge in [0.25, 0.3) is 0 Å². The first-order valence-corrected chi connectivity index (χ1v) is 5.72. The molecule has 18 heavy (non-hydrogen) atoms. The second kappa shape index (κ2) is 3.83. The van der Waals surface area contributed by atoms with Gasteiger partial charge in [-0.2, -0.15) is 0 Å². The highest BCUT2D eigenvalue weighted by atomic mass is 16.2. The van der Waals surface area contributed by atoms with Crippen LogP contribution in [-0.2, 0) is 9.59 Å². The number of hydrogen-bond acceptors (Lipinski definition) is 4. The molecule has 6 nitrogen and oxygen atoms in total. The van der Waals surface area contributed by atoms with Crippen LogP contribution in [0.2, 0.25) is 0 Å². The SMILES string of the molecule is Nc1cccn2cc(C3CCC(=O)NC3=O)nc12. The lowest BCUT2D eigenvalue weighted by Gasteiger charge is -2.18. The van der Waals surface area contributed by atoms with Crippen LogP contribution in [0.1, 0.15) is 24.5 Å². The van der Waals surface area contributed by atoms with Crippen LogP contribution < -0.4 is 11.1 Å². The minimum atomic E-state index is -0.373. The van der Waals surface area contributed by atoms with E-state index in [4.69, 9.17) is 5.73 Å². The number of fused-ring (bicyclic) bond motifs is 1. The number of hydrogen-bond donors (Lipinski definition) is 2. The number of amides is 2. The fourth-order valence-corrected chi connectivity index (χ4v) is 2.20. The van der Waals surface area contributed by atoms with Crippen molar-refractivity contribution >= 4 is 23.1 Å². The van der Waals surface area contributed by atoms with Crippen molar-refractivity contribution in [1.29, 1.82) is 0 Å². The van der Waals surface area contributed by atoms with Crippen LogP contribution in [0.4, 0.5) is 5.69 Å². The van der Waals surface area contributed by atoms with Crippen molar-refractivity contribution in [2.45, 2.75) is 18.8 Å². The van der Waals surface area contributed by atoms with Gasteiger partial charge in [0.1, 0.15) is 0 Å². The van der Waals surface area contributed by atoms with Crippen LogP contribution in [0, 0.1) is 0 Å². The number of nitrogen functional groups attached to an aromatic ring is 1. The predicted octanol–water partition coefficient (Wildman–Crippen LogP) is 0.437. The second-order valence-corrected chi connectivity index (χ2v) is 4.36. The van der Waals surface area contributed by atoms with Gasteiger partial charge in [0.2, 0.25) is 11.8 Å². The van der Waals surface area contributed by atoms with E-state index in [1.54, 1.807) is 16.7 Å².